The number of hydrogen-bond donors (Lipinski definition) is 0. The van der Waals surface area contributed by atoms with Crippen LogP contribution in [0.4, 0.5) is 0 Å². The van der Waals surface area contributed by atoms with Gasteiger partial charge in [0.05, 0.1) is 16.0 Å². The Hall–Kier alpha value is -0.960. The summed E-state index contributed by atoms with van der Waals surface area (Å²) in [6.45, 7) is 1.94. The smallest absolute Gasteiger partial charge is 0.148 e. The molecule has 2 unspecified atom stereocenters. The van der Waals surface area contributed by atoms with Gasteiger partial charge in [0.25, 0.3) is 0 Å². The molecule has 2 rings (SSSR count). The van der Waals surface area contributed by atoms with Crippen molar-refractivity contribution in [3.05, 3.63) is 29.8 Å². The molecular formula is C12H14O2S. The highest BCUT2D eigenvalue weighted by molar-refractivity contribution is 7.86. The van der Waals surface area contributed by atoms with Gasteiger partial charge in [0.2, 0.25) is 0 Å². The second-order valence-electron chi connectivity index (χ2n) is 3.91. The van der Waals surface area contributed by atoms with Gasteiger partial charge in [-0.3, -0.25) is 9.00 Å². The molecule has 0 amide bonds. The molecule has 1 aliphatic rings. The van der Waals surface area contributed by atoms with Crippen molar-refractivity contribution in [2.75, 3.05) is 0 Å². The lowest BCUT2D eigenvalue weighted by molar-refractivity contribution is -0.117. The molecule has 1 fully saturated rings. The number of benzene rings is 1. The van der Waals surface area contributed by atoms with Gasteiger partial charge in [0.1, 0.15) is 5.78 Å². The Morgan fingerprint density at radius 1 is 1.33 bits per heavy atom. The minimum Gasteiger partial charge on any atom is -0.298 e. The molecule has 1 aliphatic carbocycles. The van der Waals surface area contributed by atoms with Crippen LogP contribution in [0.25, 0.3) is 0 Å². The normalized spacial score (nSPS) is 23.0. The molecule has 15 heavy (non-hydrogen) atoms. The molecule has 0 heterocycles. The molecule has 2 nitrogen and oxygen atoms in total. The fourth-order valence-electron chi connectivity index (χ4n) is 1.95. The van der Waals surface area contributed by atoms with Crippen LogP contribution in [0.2, 0.25) is 0 Å². The molecule has 0 radical (unpaired) electrons. The van der Waals surface area contributed by atoms with Crippen LogP contribution >= 0.6 is 0 Å². The average Bonchev–Trinajstić information content (AvgIpc) is 2.64. The molecule has 80 valence electrons. The number of hydrogen-bond acceptors (Lipinski definition) is 2. The number of rotatable bonds is 2. The molecule has 2 atom stereocenters. The first-order chi connectivity index (χ1) is 7.20. The SMILES string of the molecule is Cc1ccccc1S(=O)C1CCCC1=O. The molecule has 1 saturated carbocycles. The highest BCUT2D eigenvalue weighted by Gasteiger charge is 2.30. The lowest BCUT2D eigenvalue weighted by Crippen LogP contribution is -2.20. The predicted octanol–water partition coefficient (Wildman–Crippen LogP) is 2.22. The van der Waals surface area contributed by atoms with E-state index in [0.717, 1.165) is 23.3 Å². The molecule has 3 heteroatoms. The highest BCUT2D eigenvalue weighted by atomic mass is 32.2. The van der Waals surface area contributed by atoms with Crippen molar-refractivity contribution in [2.45, 2.75) is 36.3 Å². The molecule has 1 aromatic rings. The van der Waals surface area contributed by atoms with Gasteiger partial charge in [-0.25, -0.2) is 0 Å². The van der Waals surface area contributed by atoms with Crippen LogP contribution in [-0.4, -0.2) is 15.2 Å². The summed E-state index contributed by atoms with van der Waals surface area (Å²) in [5.41, 5.74) is 1.01. The van der Waals surface area contributed by atoms with Crippen LogP contribution in [-0.2, 0) is 15.6 Å². The topological polar surface area (TPSA) is 34.1 Å². The predicted molar refractivity (Wildman–Crippen MR) is 60.2 cm³/mol. The van der Waals surface area contributed by atoms with Crippen LogP contribution in [0.15, 0.2) is 29.2 Å². The van der Waals surface area contributed by atoms with E-state index in [1.807, 2.05) is 31.2 Å². The largest absolute Gasteiger partial charge is 0.298 e. The van der Waals surface area contributed by atoms with Crippen LogP contribution in [0.1, 0.15) is 24.8 Å². The summed E-state index contributed by atoms with van der Waals surface area (Å²) in [5.74, 6) is 0.164. The third-order valence-electron chi connectivity index (χ3n) is 2.82. The standard InChI is InChI=1S/C12H14O2S/c1-9-5-2-3-7-11(9)15(14)12-8-4-6-10(12)13/h2-3,5,7,12H,4,6,8H2,1H3. The number of aryl methyl sites for hydroxylation is 1. The van der Waals surface area contributed by atoms with E-state index >= 15 is 0 Å². The van der Waals surface area contributed by atoms with Gasteiger partial charge in [-0.05, 0) is 31.4 Å². The van der Waals surface area contributed by atoms with Crippen LogP contribution < -0.4 is 0 Å². The van der Waals surface area contributed by atoms with Gasteiger partial charge in [-0.2, -0.15) is 0 Å². The maximum absolute atomic E-state index is 12.2. The van der Waals surface area contributed by atoms with E-state index in [0.29, 0.717) is 6.42 Å². The minimum absolute atomic E-state index is 0.164. The summed E-state index contributed by atoms with van der Waals surface area (Å²) < 4.78 is 12.2. The van der Waals surface area contributed by atoms with Gasteiger partial charge in [-0.15, -0.1) is 0 Å². The van der Waals surface area contributed by atoms with Gasteiger partial charge < -0.3 is 0 Å². The summed E-state index contributed by atoms with van der Waals surface area (Å²) in [7, 11) is -1.15. The summed E-state index contributed by atoms with van der Waals surface area (Å²) in [4.78, 5) is 12.3. The van der Waals surface area contributed by atoms with E-state index in [1.54, 1.807) is 0 Å². The van der Waals surface area contributed by atoms with Crippen LogP contribution in [0.5, 0.6) is 0 Å². The van der Waals surface area contributed by atoms with Crippen molar-refractivity contribution in [3.8, 4) is 0 Å². The molecule has 0 aliphatic heterocycles. The quantitative estimate of drug-likeness (QED) is 0.769. The number of carbonyl (C=O) groups is 1. The molecular weight excluding hydrogens is 208 g/mol. The third-order valence-corrected chi connectivity index (χ3v) is 4.72. The van der Waals surface area contributed by atoms with Gasteiger partial charge in [-0.1, -0.05) is 18.2 Å². The third kappa shape index (κ3) is 2.02. The summed E-state index contributed by atoms with van der Waals surface area (Å²) >= 11 is 0. The zero-order valence-corrected chi connectivity index (χ0v) is 9.55. The first kappa shape index (κ1) is 10.6. The van der Waals surface area contributed by atoms with Gasteiger partial charge in [0.15, 0.2) is 0 Å². The van der Waals surface area contributed by atoms with Crippen molar-refractivity contribution in [1.29, 1.82) is 0 Å². The molecule has 0 saturated heterocycles. The van der Waals surface area contributed by atoms with Crippen LogP contribution in [0, 0.1) is 6.92 Å². The molecule has 0 N–H and O–H groups in total. The Kier molecular flexibility index (Phi) is 3.00. The van der Waals surface area contributed by atoms with E-state index in [9.17, 15) is 9.00 Å². The molecule has 0 bridgehead atoms. The van der Waals surface area contributed by atoms with Crippen molar-refractivity contribution in [2.24, 2.45) is 0 Å². The van der Waals surface area contributed by atoms with Crippen molar-refractivity contribution in [1.82, 2.24) is 0 Å². The lowest BCUT2D eigenvalue weighted by Gasteiger charge is -2.10. The monoisotopic (exact) mass is 222 g/mol. The average molecular weight is 222 g/mol. The van der Waals surface area contributed by atoms with Crippen molar-refractivity contribution in [3.63, 3.8) is 0 Å². The minimum atomic E-state index is -1.15. The number of ketones is 1. The maximum Gasteiger partial charge on any atom is 0.148 e. The second-order valence-corrected chi connectivity index (χ2v) is 5.51. The lowest BCUT2D eigenvalue weighted by atomic mass is 10.2. The van der Waals surface area contributed by atoms with Gasteiger partial charge in [0, 0.05) is 11.3 Å². The van der Waals surface area contributed by atoms with E-state index in [1.165, 1.54) is 0 Å². The Bertz CT molecular complexity index is 412. The molecule has 0 aromatic heterocycles. The molecule has 0 spiro atoms. The fourth-order valence-corrected chi connectivity index (χ4v) is 3.59. The molecule has 1 aromatic carbocycles. The fraction of sp³-hybridized carbons (Fsp3) is 0.417. The zero-order chi connectivity index (χ0) is 10.8. The summed E-state index contributed by atoms with van der Waals surface area (Å²) in [5, 5.41) is -0.258. The van der Waals surface area contributed by atoms with E-state index < -0.39 is 10.8 Å². The zero-order valence-electron chi connectivity index (χ0n) is 8.73. The highest BCUT2D eigenvalue weighted by Crippen LogP contribution is 2.25. The van der Waals surface area contributed by atoms with Gasteiger partial charge >= 0.3 is 0 Å². The Morgan fingerprint density at radius 3 is 2.67 bits per heavy atom. The first-order valence-electron chi connectivity index (χ1n) is 5.19. The Balaban J connectivity index is 2.28. The summed E-state index contributed by atoms with van der Waals surface area (Å²) in [6.07, 6.45) is 2.27. The Morgan fingerprint density at radius 2 is 2.07 bits per heavy atom. The van der Waals surface area contributed by atoms with E-state index in [2.05, 4.69) is 0 Å². The van der Waals surface area contributed by atoms with Crippen LogP contribution in [0.3, 0.4) is 0 Å². The maximum atomic E-state index is 12.2. The van der Waals surface area contributed by atoms with Crippen molar-refractivity contribution >= 4 is 16.6 Å². The van der Waals surface area contributed by atoms with E-state index in [4.69, 9.17) is 0 Å². The summed E-state index contributed by atoms with van der Waals surface area (Å²) in [6, 6.07) is 7.59. The number of carbonyl (C=O) groups excluding carboxylic acids is 1. The number of Topliss-reactive ketones (excluding diaryl/α,β-unsaturated/α-hetero) is 1. The second kappa shape index (κ2) is 4.27. The Labute approximate surface area is 92.2 Å². The van der Waals surface area contributed by atoms with Crippen molar-refractivity contribution < 1.29 is 9.00 Å². The first-order valence-corrected chi connectivity index (χ1v) is 6.40. The van der Waals surface area contributed by atoms with E-state index in [-0.39, 0.29) is 11.0 Å².